The number of aliphatic hydroxyl groups excluding tert-OH is 1. The van der Waals surface area contributed by atoms with E-state index in [9.17, 15) is 9.50 Å². The molecule has 0 saturated heterocycles. The van der Waals surface area contributed by atoms with Crippen molar-refractivity contribution in [1.82, 2.24) is 0 Å². The van der Waals surface area contributed by atoms with Crippen LogP contribution in [0.15, 0.2) is 22.7 Å². The van der Waals surface area contributed by atoms with Gasteiger partial charge in [0, 0.05) is 10.0 Å². The number of benzene rings is 1. The molecule has 1 aromatic carbocycles. The normalized spacial score (nSPS) is 13.4. The van der Waals surface area contributed by atoms with Gasteiger partial charge in [-0.25, -0.2) is 4.39 Å². The van der Waals surface area contributed by atoms with Crippen molar-refractivity contribution in [2.45, 2.75) is 10.9 Å². The van der Waals surface area contributed by atoms with Crippen molar-refractivity contribution >= 4 is 39.1 Å². The molecule has 1 unspecified atom stereocenters. The number of hydrogen-bond donors (Lipinski definition) is 1. The zero-order chi connectivity index (χ0) is 10.0. The molecule has 0 aliphatic rings. The third-order valence-corrected chi connectivity index (χ3v) is 2.49. The van der Waals surface area contributed by atoms with Crippen LogP contribution in [0.3, 0.4) is 0 Å². The second-order valence-electron chi connectivity index (χ2n) is 2.45. The van der Waals surface area contributed by atoms with E-state index in [-0.39, 0.29) is 5.56 Å². The molecule has 0 heterocycles. The first-order valence-electron chi connectivity index (χ1n) is 3.43. The molecule has 5 heteroatoms. The fourth-order valence-electron chi connectivity index (χ4n) is 0.877. The summed E-state index contributed by atoms with van der Waals surface area (Å²) in [7, 11) is 0. The Morgan fingerprint density at radius 2 is 2.00 bits per heavy atom. The lowest BCUT2D eigenvalue weighted by atomic mass is 10.1. The molecule has 0 aromatic heterocycles. The van der Waals surface area contributed by atoms with Crippen LogP contribution in [0, 0.1) is 5.82 Å². The summed E-state index contributed by atoms with van der Waals surface area (Å²) in [5.74, 6) is -0.534. The highest BCUT2D eigenvalue weighted by Crippen LogP contribution is 2.27. The van der Waals surface area contributed by atoms with Gasteiger partial charge in [0.15, 0.2) is 0 Å². The van der Waals surface area contributed by atoms with Crippen LogP contribution in [0.5, 0.6) is 0 Å². The van der Waals surface area contributed by atoms with Crippen molar-refractivity contribution in [3.63, 3.8) is 0 Å². The summed E-state index contributed by atoms with van der Waals surface area (Å²) in [5, 5.41) is 9.35. The number of rotatable bonds is 2. The zero-order valence-electron chi connectivity index (χ0n) is 6.35. The van der Waals surface area contributed by atoms with Crippen LogP contribution in [-0.2, 0) is 0 Å². The lowest BCUT2D eigenvalue weighted by Gasteiger charge is -2.12. The molecule has 0 radical (unpaired) electrons. The molecule has 0 aliphatic heterocycles. The summed E-state index contributed by atoms with van der Waals surface area (Å²) in [6, 6.07) is 4.29. The Bertz CT molecular complexity index is 306. The summed E-state index contributed by atoms with van der Waals surface area (Å²) < 4.78 is 13.8. The van der Waals surface area contributed by atoms with Gasteiger partial charge in [0.05, 0.1) is 0 Å². The molecule has 0 amide bonds. The van der Waals surface area contributed by atoms with Crippen LogP contribution < -0.4 is 0 Å². The van der Waals surface area contributed by atoms with Gasteiger partial charge in [-0.1, -0.05) is 22.0 Å². The Morgan fingerprint density at radius 3 is 2.46 bits per heavy atom. The minimum absolute atomic E-state index is 0.0956. The number of hydrogen-bond acceptors (Lipinski definition) is 1. The maximum atomic E-state index is 13.2. The molecule has 1 nitrogen and oxygen atoms in total. The van der Waals surface area contributed by atoms with Gasteiger partial charge in [0.2, 0.25) is 0 Å². The SMILES string of the molecule is OC(c1ccc(Br)cc1F)C(Cl)Cl. The van der Waals surface area contributed by atoms with Crippen molar-refractivity contribution in [2.75, 3.05) is 0 Å². The monoisotopic (exact) mass is 286 g/mol. The van der Waals surface area contributed by atoms with E-state index in [0.29, 0.717) is 4.47 Å². The van der Waals surface area contributed by atoms with Crippen LogP contribution in [0.2, 0.25) is 0 Å². The van der Waals surface area contributed by atoms with Gasteiger partial charge in [-0.2, -0.15) is 0 Å². The molecule has 1 atom stereocenters. The van der Waals surface area contributed by atoms with Crippen LogP contribution in [-0.4, -0.2) is 9.94 Å². The van der Waals surface area contributed by atoms with Gasteiger partial charge in [-0.3, -0.25) is 0 Å². The van der Waals surface area contributed by atoms with E-state index in [4.69, 9.17) is 23.2 Å². The quantitative estimate of drug-likeness (QED) is 0.827. The summed E-state index contributed by atoms with van der Waals surface area (Å²) in [4.78, 5) is -1.03. The minimum Gasteiger partial charge on any atom is -0.385 e. The second kappa shape index (κ2) is 4.60. The van der Waals surface area contributed by atoms with Crippen LogP contribution in [0.1, 0.15) is 11.7 Å². The fourth-order valence-corrected chi connectivity index (χ4v) is 1.48. The number of aliphatic hydroxyl groups is 1. The molecular formula is C8H6BrCl2FO. The molecule has 72 valence electrons. The predicted molar refractivity (Wildman–Crippen MR) is 54.6 cm³/mol. The van der Waals surface area contributed by atoms with Gasteiger partial charge >= 0.3 is 0 Å². The average molecular weight is 288 g/mol. The van der Waals surface area contributed by atoms with Crippen LogP contribution in [0.25, 0.3) is 0 Å². The largest absolute Gasteiger partial charge is 0.385 e. The number of halogens is 4. The van der Waals surface area contributed by atoms with Crippen molar-refractivity contribution in [3.05, 3.63) is 34.1 Å². The maximum Gasteiger partial charge on any atom is 0.137 e. The first-order valence-corrected chi connectivity index (χ1v) is 5.10. The average Bonchev–Trinajstić information content (AvgIpc) is 2.03. The van der Waals surface area contributed by atoms with Gasteiger partial charge in [0.25, 0.3) is 0 Å². The molecular weight excluding hydrogens is 282 g/mol. The van der Waals surface area contributed by atoms with Crippen molar-refractivity contribution in [2.24, 2.45) is 0 Å². The molecule has 0 fully saturated rings. The Hall–Kier alpha value is 0.170. The van der Waals surface area contributed by atoms with E-state index in [2.05, 4.69) is 15.9 Å². The summed E-state index contributed by atoms with van der Waals surface area (Å²) >= 11 is 13.9. The van der Waals surface area contributed by atoms with Gasteiger partial charge < -0.3 is 5.11 Å². The molecule has 1 rings (SSSR count). The topological polar surface area (TPSA) is 20.2 Å². The van der Waals surface area contributed by atoms with E-state index >= 15 is 0 Å². The molecule has 13 heavy (non-hydrogen) atoms. The van der Waals surface area contributed by atoms with Gasteiger partial charge in [-0.05, 0) is 12.1 Å². The molecule has 1 N–H and O–H groups in total. The zero-order valence-corrected chi connectivity index (χ0v) is 9.44. The van der Waals surface area contributed by atoms with Crippen LogP contribution in [0.4, 0.5) is 4.39 Å². The summed E-state index contributed by atoms with van der Waals surface area (Å²) in [5.41, 5.74) is 0.0956. The second-order valence-corrected chi connectivity index (χ2v) is 4.52. The fraction of sp³-hybridized carbons (Fsp3) is 0.250. The van der Waals surface area contributed by atoms with E-state index in [1.54, 1.807) is 6.07 Å². The van der Waals surface area contributed by atoms with E-state index in [0.717, 1.165) is 0 Å². The standard InChI is InChI=1S/C8H6BrCl2FO/c9-4-1-2-5(6(12)3-4)7(13)8(10)11/h1-3,7-8,13H. The Kier molecular flexibility index (Phi) is 3.98. The summed E-state index contributed by atoms with van der Waals surface area (Å²) in [6.45, 7) is 0. The molecule has 0 saturated carbocycles. The Balaban J connectivity index is 3.01. The van der Waals surface area contributed by atoms with E-state index in [1.165, 1.54) is 12.1 Å². The lowest BCUT2D eigenvalue weighted by Crippen LogP contribution is -2.07. The Morgan fingerprint density at radius 1 is 1.38 bits per heavy atom. The van der Waals surface area contributed by atoms with E-state index in [1.807, 2.05) is 0 Å². The third-order valence-electron chi connectivity index (χ3n) is 1.52. The molecule has 1 aromatic rings. The van der Waals surface area contributed by atoms with Crippen molar-refractivity contribution in [1.29, 1.82) is 0 Å². The maximum absolute atomic E-state index is 13.2. The lowest BCUT2D eigenvalue weighted by molar-refractivity contribution is 0.188. The highest BCUT2D eigenvalue weighted by atomic mass is 79.9. The highest BCUT2D eigenvalue weighted by Gasteiger charge is 2.19. The molecule has 0 aliphatic carbocycles. The van der Waals surface area contributed by atoms with Crippen LogP contribution >= 0.6 is 39.1 Å². The van der Waals surface area contributed by atoms with Crippen molar-refractivity contribution < 1.29 is 9.50 Å². The Labute approximate surface area is 93.6 Å². The van der Waals surface area contributed by atoms with Gasteiger partial charge in [-0.15, -0.1) is 23.2 Å². The molecule has 0 spiro atoms. The number of alkyl halides is 2. The highest BCUT2D eigenvalue weighted by molar-refractivity contribution is 9.10. The third kappa shape index (κ3) is 2.81. The van der Waals surface area contributed by atoms with E-state index < -0.39 is 16.8 Å². The van der Waals surface area contributed by atoms with Crippen molar-refractivity contribution in [3.8, 4) is 0 Å². The summed E-state index contributed by atoms with van der Waals surface area (Å²) in [6.07, 6.45) is -1.20. The molecule has 0 bridgehead atoms. The smallest absolute Gasteiger partial charge is 0.137 e. The first-order chi connectivity index (χ1) is 6.02. The predicted octanol–water partition coefficient (Wildman–Crippen LogP) is 3.43. The minimum atomic E-state index is -1.20. The first kappa shape index (κ1) is 11.2. The van der Waals surface area contributed by atoms with Gasteiger partial charge in [0.1, 0.15) is 16.8 Å².